The van der Waals surface area contributed by atoms with E-state index < -0.39 is 0 Å². The van der Waals surface area contributed by atoms with E-state index in [0.717, 1.165) is 55.8 Å². The zero-order chi connectivity index (χ0) is 27.9. The molecular weight excluding hydrogens is 524 g/mol. The molecule has 2 aliphatic carbocycles. The highest BCUT2D eigenvalue weighted by molar-refractivity contribution is 7.18. The van der Waals surface area contributed by atoms with E-state index in [4.69, 9.17) is 21.1 Å². The van der Waals surface area contributed by atoms with Crippen molar-refractivity contribution in [3.05, 3.63) is 99.3 Å². The number of fused-ring (bicyclic) bond motifs is 1. The number of hydrogen-bond donors (Lipinski definition) is 0. The van der Waals surface area contributed by atoms with Crippen LogP contribution in [0.25, 0.3) is 27.1 Å². The number of rotatable bonds is 4. The van der Waals surface area contributed by atoms with Gasteiger partial charge in [0.05, 0.1) is 26.7 Å². The number of hydrogen-bond acceptors (Lipinski definition) is 5. The highest BCUT2D eigenvalue weighted by atomic mass is 35.5. The largest absolute Gasteiger partial charge is 0.463 e. The summed E-state index contributed by atoms with van der Waals surface area (Å²) in [6.45, 7) is 12.5. The van der Waals surface area contributed by atoms with Gasteiger partial charge in [0.2, 0.25) is 0 Å². The SMILES string of the molecule is CC(C)(C)C1=CC(=C(N=NC2=CCCC=C2Cl)c2sc(-c3ccco3)c3ccccc23)C=C(C(C)(C)C)C1=O. The third-order valence-electron chi connectivity index (χ3n) is 6.89. The number of benzene rings is 1. The summed E-state index contributed by atoms with van der Waals surface area (Å²) in [6.07, 6.45) is 11.5. The van der Waals surface area contributed by atoms with E-state index in [1.807, 2.05) is 48.6 Å². The van der Waals surface area contributed by atoms with Crippen LogP contribution in [0.4, 0.5) is 0 Å². The van der Waals surface area contributed by atoms with Crippen LogP contribution in [0.2, 0.25) is 0 Å². The Morgan fingerprint density at radius 2 is 1.54 bits per heavy atom. The van der Waals surface area contributed by atoms with Crippen molar-refractivity contribution in [3.63, 3.8) is 0 Å². The fourth-order valence-electron chi connectivity index (χ4n) is 4.80. The minimum Gasteiger partial charge on any atom is -0.463 e. The summed E-state index contributed by atoms with van der Waals surface area (Å²) in [4.78, 5) is 15.7. The highest BCUT2D eigenvalue weighted by Gasteiger charge is 2.35. The third kappa shape index (κ3) is 5.43. The number of ketones is 1. The van der Waals surface area contributed by atoms with E-state index in [9.17, 15) is 4.79 Å². The van der Waals surface area contributed by atoms with E-state index in [-0.39, 0.29) is 16.6 Å². The van der Waals surface area contributed by atoms with Gasteiger partial charge < -0.3 is 4.42 Å². The van der Waals surface area contributed by atoms with Crippen LogP contribution >= 0.6 is 22.9 Å². The number of allylic oxidation sites excluding steroid dienone is 8. The van der Waals surface area contributed by atoms with Crippen molar-refractivity contribution in [2.24, 2.45) is 21.1 Å². The molecule has 0 saturated heterocycles. The molecule has 0 saturated carbocycles. The van der Waals surface area contributed by atoms with Crippen LogP contribution in [0.1, 0.15) is 59.3 Å². The Morgan fingerprint density at radius 1 is 0.897 bits per heavy atom. The van der Waals surface area contributed by atoms with Gasteiger partial charge in [-0.15, -0.1) is 21.6 Å². The third-order valence-corrected chi connectivity index (χ3v) is 8.48. The fraction of sp³-hybridized carbons (Fsp3) is 0.303. The molecule has 0 aliphatic heterocycles. The number of nitrogens with zero attached hydrogens (tertiary/aromatic N) is 2. The molecule has 0 bridgehead atoms. The van der Waals surface area contributed by atoms with Crippen LogP contribution in [-0.4, -0.2) is 5.78 Å². The maximum absolute atomic E-state index is 13.7. The Bertz CT molecular complexity index is 1590. The summed E-state index contributed by atoms with van der Waals surface area (Å²) >= 11 is 8.12. The van der Waals surface area contributed by atoms with Gasteiger partial charge in [0, 0.05) is 27.5 Å². The summed E-state index contributed by atoms with van der Waals surface area (Å²) < 4.78 is 5.81. The van der Waals surface area contributed by atoms with Gasteiger partial charge in [0.15, 0.2) is 5.78 Å². The molecule has 3 aromatic rings. The van der Waals surface area contributed by atoms with Gasteiger partial charge in [-0.25, -0.2) is 0 Å². The number of halogens is 1. The van der Waals surface area contributed by atoms with Crippen molar-refractivity contribution in [1.29, 1.82) is 0 Å². The Labute approximate surface area is 239 Å². The van der Waals surface area contributed by atoms with Crippen molar-refractivity contribution in [2.45, 2.75) is 54.4 Å². The molecule has 0 fully saturated rings. The van der Waals surface area contributed by atoms with Gasteiger partial charge in [0.1, 0.15) is 11.5 Å². The zero-order valence-corrected chi connectivity index (χ0v) is 24.8. The van der Waals surface area contributed by atoms with Gasteiger partial charge in [-0.05, 0) is 48.0 Å². The van der Waals surface area contributed by atoms with Crippen LogP contribution in [0.5, 0.6) is 0 Å². The first-order chi connectivity index (χ1) is 18.4. The molecule has 0 radical (unpaired) electrons. The molecule has 39 heavy (non-hydrogen) atoms. The average molecular weight is 557 g/mol. The minimum absolute atomic E-state index is 0.0864. The lowest BCUT2D eigenvalue weighted by atomic mass is 9.71. The zero-order valence-electron chi connectivity index (χ0n) is 23.3. The summed E-state index contributed by atoms with van der Waals surface area (Å²) in [7, 11) is 0. The van der Waals surface area contributed by atoms with Crippen LogP contribution in [0, 0.1) is 10.8 Å². The smallest absolute Gasteiger partial charge is 0.186 e. The molecule has 0 N–H and O–H groups in total. The van der Waals surface area contributed by atoms with Crippen LogP contribution < -0.4 is 0 Å². The Hall–Kier alpha value is -3.28. The molecular formula is C33H33ClN2O2S. The van der Waals surface area contributed by atoms with Gasteiger partial charge in [0.25, 0.3) is 0 Å². The standard InChI is InChI=1S/C33H33ClN2O2S/c1-32(2,3)23-18-20(19-24(29(23)37)33(4,5)6)28(36-35-26-15-10-9-14-25(26)34)31-22-13-8-7-12-21(22)30(39-31)27-16-11-17-38-27/h7-8,11-19H,9-10H2,1-6H3. The molecule has 1 aromatic carbocycles. The summed E-state index contributed by atoms with van der Waals surface area (Å²) in [6, 6.07) is 12.1. The molecule has 200 valence electrons. The van der Waals surface area contributed by atoms with E-state index in [2.05, 4.69) is 58.8 Å². The maximum atomic E-state index is 13.7. The molecule has 6 heteroatoms. The lowest BCUT2D eigenvalue weighted by Crippen LogP contribution is -2.28. The second-order valence-corrected chi connectivity index (χ2v) is 13.4. The molecule has 0 atom stereocenters. The van der Waals surface area contributed by atoms with Crippen molar-refractivity contribution in [3.8, 4) is 10.6 Å². The van der Waals surface area contributed by atoms with Crippen LogP contribution in [0.3, 0.4) is 0 Å². The molecule has 2 heterocycles. The molecule has 0 unspecified atom stereocenters. The molecule has 2 aromatic heterocycles. The molecule has 0 spiro atoms. The molecule has 4 nitrogen and oxygen atoms in total. The average Bonchev–Trinajstić information content (AvgIpc) is 3.53. The predicted molar refractivity (Wildman–Crippen MR) is 163 cm³/mol. The number of carbonyl (C=O) groups excluding carboxylic acids is 1. The number of Topliss-reactive ketones (excluding diaryl/α,β-unsaturated/α-hetero) is 1. The van der Waals surface area contributed by atoms with E-state index in [1.54, 1.807) is 17.6 Å². The second kappa shape index (κ2) is 10.4. The van der Waals surface area contributed by atoms with Crippen molar-refractivity contribution >= 4 is 45.2 Å². The van der Waals surface area contributed by atoms with Gasteiger partial charge in [-0.1, -0.05) is 89.6 Å². The summed E-state index contributed by atoms with van der Waals surface area (Å²) in [5.41, 5.74) is 3.08. The minimum atomic E-state index is -0.343. The first-order valence-electron chi connectivity index (χ1n) is 13.2. The van der Waals surface area contributed by atoms with Crippen molar-refractivity contribution in [1.82, 2.24) is 0 Å². The normalized spacial score (nSPS) is 16.9. The van der Waals surface area contributed by atoms with E-state index in [0.29, 0.717) is 16.4 Å². The number of thiophene rings is 1. The van der Waals surface area contributed by atoms with Crippen molar-refractivity contribution < 1.29 is 9.21 Å². The van der Waals surface area contributed by atoms with Gasteiger partial charge >= 0.3 is 0 Å². The maximum Gasteiger partial charge on any atom is 0.186 e. The number of carbonyl (C=O) groups is 1. The second-order valence-electron chi connectivity index (χ2n) is 12.0. The monoisotopic (exact) mass is 556 g/mol. The topological polar surface area (TPSA) is 54.9 Å². The Balaban J connectivity index is 1.83. The van der Waals surface area contributed by atoms with Crippen LogP contribution in [-0.2, 0) is 4.79 Å². The lowest BCUT2D eigenvalue weighted by molar-refractivity contribution is -0.114. The van der Waals surface area contributed by atoms with Crippen LogP contribution in [0.15, 0.2) is 109 Å². The Morgan fingerprint density at radius 3 is 2.13 bits per heavy atom. The molecule has 0 amide bonds. The predicted octanol–water partition coefficient (Wildman–Crippen LogP) is 10.7. The summed E-state index contributed by atoms with van der Waals surface area (Å²) in [5.74, 6) is 0.892. The molecule has 2 aliphatic rings. The number of azo groups is 1. The first kappa shape index (κ1) is 27.3. The number of furan rings is 1. The van der Waals surface area contributed by atoms with Crippen molar-refractivity contribution in [2.75, 3.05) is 0 Å². The quantitative estimate of drug-likeness (QED) is 0.300. The highest BCUT2D eigenvalue weighted by Crippen LogP contribution is 2.46. The van der Waals surface area contributed by atoms with E-state index >= 15 is 0 Å². The first-order valence-corrected chi connectivity index (χ1v) is 14.4. The molecule has 5 rings (SSSR count). The lowest BCUT2D eigenvalue weighted by Gasteiger charge is -2.31. The fourth-order valence-corrected chi connectivity index (χ4v) is 6.27. The van der Waals surface area contributed by atoms with Gasteiger partial charge in [-0.2, -0.15) is 0 Å². The summed E-state index contributed by atoms with van der Waals surface area (Å²) in [5, 5.41) is 12.3. The van der Waals surface area contributed by atoms with Gasteiger partial charge in [-0.3, -0.25) is 4.79 Å². The Kier molecular flexibility index (Phi) is 7.25. The van der Waals surface area contributed by atoms with E-state index in [1.165, 1.54) is 0 Å².